The molecule has 0 spiro atoms. The van der Waals surface area contributed by atoms with Crippen LogP contribution in [0.4, 0.5) is 4.79 Å². The van der Waals surface area contributed by atoms with Gasteiger partial charge >= 0.3 is 6.09 Å². The van der Waals surface area contributed by atoms with Crippen LogP contribution in [0.25, 0.3) is 0 Å². The molecule has 0 aliphatic carbocycles. The molecule has 5 nitrogen and oxygen atoms in total. The van der Waals surface area contributed by atoms with E-state index in [1.54, 1.807) is 6.08 Å². The highest BCUT2D eigenvalue weighted by atomic mass is 16.6. The second-order valence-corrected chi connectivity index (χ2v) is 6.32. The lowest BCUT2D eigenvalue weighted by atomic mass is 10.00. The average Bonchev–Trinajstić information content (AvgIpc) is 2.96. The van der Waals surface area contributed by atoms with E-state index in [1.165, 1.54) is 4.90 Å². The Balaban J connectivity index is 1.99. The zero-order valence-corrected chi connectivity index (χ0v) is 14.3. The fraction of sp³-hybridized carbons (Fsp3) is 0.474. The Morgan fingerprint density at radius 1 is 1.42 bits per heavy atom. The van der Waals surface area contributed by atoms with Crippen LogP contribution in [0.3, 0.4) is 0 Å². The number of carbonyl (C=O) groups excluding carboxylic acids is 2. The monoisotopic (exact) mass is 331 g/mol. The van der Waals surface area contributed by atoms with Gasteiger partial charge in [0.05, 0.1) is 25.2 Å². The molecule has 130 valence electrons. The molecule has 0 N–H and O–H groups in total. The molecule has 24 heavy (non-hydrogen) atoms. The maximum atomic E-state index is 12.8. The summed E-state index contributed by atoms with van der Waals surface area (Å²) in [6, 6.07) is 9.55. The molecule has 1 heterocycles. The molecule has 0 radical (unpaired) electrons. The predicted octanol–water partition coefficient (Wildman–Crippen LogP) is 3.40. The van der Waals surface area contributed by atoms with Crippen LogP contribution in [0, 0.1) is 11.8 Å². The number of ether oxygens (including phenoxy) is 2. The maximum absolute atomic E-state index is 12.8. The van der Waals surface area contributed by atoms with Gasteiger partial charge in [-0.3, -0.25) is 4.79 Å². The standard InChI is InChI=1S/C19H25NO4/c1-4-8-16(12-23-11-15-9-6-5-7-10-15)18(21)20-17(14(2)3)13-24-19(20)22/h4-7,9-10,14,16-17H,1,8,11-13H2,2-3H3/t16-,17-/m1/s1. The molecular weight excluding hydrogens is 306 g/mol. The lowest BCUT2D eigenvalue weighted by Crippen LogP contribution is -2.45. The second kappa shape index (κ2) is 8.64. The van der Waals surface area contributed by atoms with E-state index < -0.39 is 12.0 Å². The van der Waals surface area contributed by atoms with Crippen molar-refractivity contribution in [2.24, 2.45) is 11.8 Å². The summed E-state index contributed by atoms with van der Waals surface area (Å²) in [5, 5.41) is 0. The van der Waals surface area contributed by atoms with E-state index in [4.69, 9.17) is 9.47 Å². The van der Waals surface area contributed by atoms with Gasteiger partial charge in [-0.25, -0.2) is 9.69 Å². The Morgan fingerprint density at radius 2 is 2.12 bits per heavy atom. The zero-order chi connectivity index (χ0) is 17.5. The van der Waals surface area contributed by atoms with Crippen molar-refractivity contribution in [2.45, 2.75) is 32.9 Å². The smallest absolute Gasteiger partial charge is 0.416 e. The van der Waals surface area contributed by atoms with Crippen LogP contribution in [0.1, 0.15) is 25.8 Å². The minimum Gasteiger partial charge on any atom is -0.447 e. The highest BCUT2D eigenvalue weighted by Gasteiger charge is 2.41. The van der Waals surface area contributed by atoms with Crippen molar-refractivity contribution in [1.82, 2.24) is 4.90 Å². The fourth-order valence-corrected chi connectivity index (χ4v) is 2.71. The SMILES string of the molecule is C=CC[C@H](COCc1ccccc1)C(=O)N1C(=O)OC[C@@H]1C(C)C. The number of cyclic esters (lactones) is 1. The average molecular weight is 331 g/mol. The van der Waals surface area contributed by atoms with Gasteiger partial charge in [-0.2, -0.15) is 0 Å². The molecule has 1 aromatic carbocycles. The van der Waals surface area contributed by atoms with Crippen molar-refractivity contribution in [3.63, 3.8) is 0 Å². The quantitative estimate of drug-likeness (QED) is 0.685. The number of benzene rings is 1. The van der Waals surface area contributed by atoms with Crippen molar-refractivity contribution in [1.29, 1.82) is 0 Å². The molecule has 1 saturated heterocycles. The summed E-state index contributed by atoms with van der Waals surface area (Å²) in [5.74, 6) is -0.530. The Labute approximate surface area is 143 Å². The number of nitrogens with zero attached hydrogens (tertiary/aromatic N) is 1. The molecule has 1 aliphatic rings. The van der Waals surface area contributed by atoms with E-state index >= 15 is 0 Å². The molecule has 0 unspecified atom stereocenters. The van der Waals surface area contributed by atoms with E-state index in [9.17, 15) is 9.59 Å². The van der Waals surface area contributed by atoms with Crippen LogP contribution in [-0.2, 0) is 20.9 Å². The summed E-state index contributed by atoms with van der Waals surface area (Å²) in [6.45, 7) is 8.59. The Morgan fingerprint density at radius 3 is 2.75 bits per heavy atom. The molecule has 1 fully saturated rings. The summed E-state index contributed by atoms with van der Waals surface area (Å²) >= 11 is 0. The summed E-state index contributed by atoms with van der Waals surface area (Å²) < 4.78 is 10.8. The molecule has 0 saturated carbocycles. The van der Waals surface area contributed by atoms with E-state index in [0.29, 0.717) is 13.0 Å². The number of allylic oxidation sites excluding steroid dienone is 1. The van der Waals surface area contributed by atoms with Gasteiger partial charge in [-0.1, -0.05) is 50.3 Å². The molecule has 2 amide bonds. The first-order valence-corrected chi connectivity index (χ1v) is 8.27. The van der Waals surface area contributed by atoms with Crippen LogP contribution in [-0.4, -0.2) is 36.2 Å². The van der Waals surface area contributed by atoms with Crippen LogP contribution < -0.4 is 0 Å². The number of carbonyl (C=O) groups is 2. The third-order valence-corrected chi connectivity index (χ3v) is 4.14. The normalized spacial score (nSPS) is 18.5. The van der Waals surface area contributed by atoms with Gasteiger partial charge in [0.25, 0.3) is 0 Å². The van der Waals surface area contributed by atoms with Crippen molar-refractivity contribution < 1.29 is 19.1 Å². The van der Waals surface area contributed by atoms with Crippen molar-refractivity contribution >= 4 is 12.0 Å². The summed E-state index contributed by atoms with van der Waals surface area (Å²) in [4.78, 5) is 26.0. The molecule has 0 bridgehead atoms. The fourth-order valence-electron chi connectivity index (χ4n) is 2.71. The largest absolute Gasteiger partial charge is 0.447 e. The van der Waals surface area contributed by atoms with Gasteiger partial charge < -0.3 is 9.47 Å². The van der Waals surface area contributed by atoms with Gasteiger partial charge in [-0.15, -0.1) is 6.58 Å². The third kappa shape index (κ3) is 4.45. The molecule has 1 aliphatic heterocycles. The van der Waals surface area contributed by atoms with Gasteiger partial charge in [0.2, 0.25) is 5.91 Å². The topological polar surface area (TPSA) is 55.8 Å². The minimum atomic E-state index is -0.559. The number of imide groups is 1. The molecule has 2 atom stereocenters. The molecule has 1 aromatic rings. The maximum Gasteiger partial charge on any atom is 0.416 e. The lowest BCUT2D eigenvalue weighted by molar-refractivity contribution is -0.136. The second-order valence-electron chi connectivity index (χ2n) is 6.32. The van der Waals surface area contributed by atoms with Crippen LogP contribution in [0.15, 0.2) is 43.0 Å². The summed E-state index contributed by atoms with van der Waals surface area (Å²) in [5.41, 5.74) is 1.04. The van der Waals surface area contributed by atoms with Crippen LogP contribution in [0.2, 0.25) is 0 Å². The lowest BCUT2D eigenvalue weighted by Gasteiger charge is -2.26. The highest BCUT2D eigenvalue weighted by molar-refractivity contribution is 5.95. The van der Waals surface area contributed by atoms with Gasteiger partial charge in [0.15, 0.2) is 0 Å². The van der Waals surface area contributed by atoms with Crippen molar-refractivity contribution in [3.8, 4) is 0 Å². The van der Waals surface area contributed by atoms with Crippen LogP contribution in [0.5, 0.6) is 0 Å². The van der Waals surface area contributed by atoms with E-state index in [1.807, 2.05) is 44.2 Å². The van der Waals surface area contributed by atoms with Crippen LogP contribution >= 0.6 is 0 Å². The molecular formula is C19H25NO4. The minimum absolute atomic E-state index is 0.148. The Kier molecular flexibility index (Phi) is 6.55. The molecule has 2 rings (SSSR count). The summed E-state index contributed by atoms with van der Waals surface area (Å²) in [7, 11) is 0. The molecule has 5 heteroatoms. The van der Waals surface area contributed by atoms with Gasteiger partial charge in [0.1, 0.15) is 6.61 Å². The van der Waals surface area contributed by atoms with E-state index in [-0.39, 0.29) is 31.1 Å². The number of amides is 2. The first-order valence-electron chi connectivity index (χ1n) is 8.27. The first kappa shape index (κ1) is 18.2. The van der Waals surface area contributed by atoms with E-state index in [0.717, 1.165) is 5.56 Å². The van der Waals surface area contributed by atoms with Gasteiger partial charge in [-0.05, 0) is 17.9 Å². The predicted molar refractivity (Wildman–Crippen MR) is 91.2 cm³/mol. The van der Waals surface area contributed by atoms with Gasteiger partial charge in [0, 0.05) is 0 Å². The highest BCUT2D eigenvalue weighted by Crippen LogP contribution is 2.23. The number of hydrogen-bond acceptors (Lipinski definition) is 4. The number of rotatable bonds is 8. The Hall–Kier alpha value is -2.14. The first-order chi connectivity index (χ1) is 11.5. The summed E-state index contributed by atoms with van der Waals surface area (Å²) in [6.07, 6.45) is 1.58. The molecule has 0 aromatic heterocycles. The van der Waals surface area contributed by atoms with Crippen molar-refractivity contribution in [3.05, 3.63) is 48.6 Å². The third-order valence-electron chi connectivity index (χ3n) is 4.14. The number of hydrogen-bond donors (Lipinski definition) is 0. The zero-order valence-electron chi connectivity index (χ0n) is 14.3. The van der Waals surface area contributed by atoms with Crippen molar-refractivity contribution in [2.75, 3.05) is 13.2 Å². The van der Waals surface area contributed by atoms with E-state index in [2.05, 4.69) is 6.58 Å². The Bertz CT molecular complexity index is 570.